The van der Waals surface area contributed by atoms with Crippen LogP contribution in [0.15, 0.2) is 16.6 Å². The van der Waals surface area contributed by atoms with Gasteiger partial charge in [-0.15, -0.1) is 0 Å². The molecule has 0 amide bonds. The van der Waals surface area contributed by atoms with E-state index in [9.17, 15) is 9.90 Å². The Labute approximate surface area is 120 Å². The highest BCUT2D eigenvalue weighted by Crippen LogP contribution is 2.48. The van der Waals surface area contributed by atoms with Crippen LogP contribution < -0.4 is 9.47 Å². The molecule has 1 aliphatic rings. The summed E-state index contributed by atoms with van der Waals surface area (Å²) in [5.41, 5.74) is -0.159. The molecule has 0 unspecified atom stereocenters. The third kappa shape index (κ3) is 2.31. The molecule has 1 N–H and O–H groups in total. The van der Waals surface area contributed by atoms with E-state index in [1.165, 1.54) is 0 Å². The summed E-state index contributed by atoms with van der Waals surface area (Å²) in [7, 11) is 3.13. The Morgan fingerprint density at radius 1 is 1.26 bits per heavy atom. The van der Waals surface area contributed by atoms with Crippen molar-refractivity contribution in [1.82, 2.24) is 0 Å². The lowest BCUT2D eigenvalue weighted by Crippen LogP contribution is -2.33. The lowest BCUT2D eigenvalue weighted by Gasteiger charge is -2.27. The molecule has 5 heteroatoms. The van der Waals surface area contributed by atoms with E-state index in [2.05, 4.69) is 15.9 Å². The Balaban J connectivity index is 2.64. The number of hydrogen-bond donors (Lipinski definition) is 1. The number of aliphatic carboxylic acids is 1. The first-order chi connectivity index (χ1) is 9.05. The molecule has 19 heavy (non-hydrogen) atoms. The third-order valence-electron chi connectivity index (χ3n) is 3.84. The number of halogens is 1. The van der Waals surface area contributed by atoms with Crippen molar-refractivity contribution in [1.29, 1.82) is 0 Å². The van der Waals surface area contributed by atoms with E-state index in [1.54, 1.807) is 26.4 Å². The fraction of sp³-hybridized carbons (Fsp3) is 0.500. The largest absolute Gasteiger partial charge is 0.497 e. The number of hydrogen-bond acceptors (Lipinski definition) is 3. The molecule has 1 fully saturated rings. The first-order valence-corrected chi connectivity index (χ1v) is 7.00. The van der Waals surface area contributed by atoms with Crippen LogP contribution in [-0.4, -0.2) is 25.3 Å². The van der Waals surface area contributed by atoms with Gasteiger partial charge in [0, 0.05) is 5.56 Å². The topological polar surface area (TPSA) is 55.8 Å². The van der Waals surface area contributed by atoms with Gasteiger partial charge in [-0.3, -0.25) is 4.79 Å². The maximum absolute atomic E-state index is 11.8. The molecule has 4 nitrogen and oxygen atoms in total. The molecule has 0 bridgehead atoms. The van der Waals surface area contributed by atoms with Gasteiger partial charge in [-0.25, -0.2) is 0 Å². The fourth-order valence-corrected chi connectivity index (χ4v) is 3.43. The van der Waals surface area contributed by atoms with E-state index in [0.29, 0.717) is 29.9 Å². The molecular weight excluding hydrogens is 312 g/mol. The van der Waals surface area contributed by atoms with Gasteiger partial charge < -0.3 is 14.6 Å². The molecule has 1 aromatic rings. The van der Waals surface area contributed by atoms with Crippen molar-refractivity contribution in [2.24, 2.45) is 0 Å². The van der Waals surface area contributed by atoms with Gasteiger partial charge in [0.05, 0.1) is 24.1 Å². The summed E-state index contributed by atoms with van der Waals surface area (Å²) in [5.74, 6) is 0.434. The molecule has 0 aliphatic heterocycles. The molecule has 0 atom stereocenters. The molecule has 0 heterocycles. The number of carboxylic acids is 1. The number of ether oxygens (including phenoxy) is 2. The van der Waals surface area contributed by atoms with Crippen LogP contribution in [0, 0.1) is 0 Å². The zero-order chi connectivity index (χ0) is 14.0. The normalized spacial score (nSPS) is 17.2. The van der Waals surface area contributed by atoms with Crippen molar-refractivity contribution in [2.75, 3.05) is 14.2 Å². The van der Waals surface area contributed by atoms with Crippen molar-refractivity contribution in [2.45, 2.75) is 31.1 Å². The van der Waals surface area contributed by atoms with Gasteiger partial charge in [0.15, 0.2) is 0 Å². The van der Waals surface area contributed by atoms with E-state index in [-0.39, 0.29) is 0 Å². The highest BCUT2D eigenvalue weighted by molar-refractivity contribution is 9.10. The summed E-state index contributed by atoms with van der Waals surface area (Å²) in [5, 5.41) is 9.68. The summed E-state index contributed by atoms with van der Waals surface area (Å²) in [6.45, 7) is 0. The van der Waals surface area contributed by atoms with Crippen LogP contribution in [0.1, 0.15) is 31.2 Å². The predicted octanol–water partition coefficient (Wildman–Crippen LogP) is 3.36. The SMILES string of the molecule is COc1cc(Br)c(OC)c(C2(C(=O)O)CCCC2)c1. The molecule has 1 aromatic carbocycles. The first kappa shape index (κ1) is 14.2. The van der Waals surface area contributed by atoms with Gasteiger partial charge in [-0.1, -0.05) is 12.8 Å². The zero-order valence-corrected chi connectivity index (χ0v) is 12.6. The highest BCUT2D eigenvalue weighted by atomic mass is 79.9. The van der Waals surface area contributed by atoms with Crippen LogP contribution in [0.25, 0.3) is 0 Å². The van der Waals surface area contributed by atoms with Gasteiger partial charge in [0.1, 0.15) is 11.5 Å². The molecule has 2 rings (SSSR count). The van der Waals surface area contributed by atoms with Crippen LogP contribution in [0.5, 0.6) is 11.5 Å². The summed E-state index contributed by atoms with van der Waals surface area (Å²) in [6, 6.07) is 3.57. The fourth-order valence-electron chi connectivity index (χ4n) is 2.83. The number of methoxy groups -OCH3 is 2. The van der Waals surface area contributed by atoms with Crippen LogP contribution >= 0.6 is 15.9 Å². The van der Waals surface area contributed by atoms with Gasteiger partial charge >= 0.3 is 5.97 Å². The van der Waals surface area contributed by atoms with Crippen molar-refractivity contribution >= 4 is 21.9 Å². The standard InChI is InChI=1S/C14H17BrO4/c1-18-9-7-10(12(19-2)11(15)8-9)14(13(16)17)5-3-4-6-14/h7-8H,3-6H2,1-2H3,(H,16,17). The van der Waals surface area contributed by atoms with E-state index in [4.69, 9.17) is 9.47 Å². The second kappa shape index (κ2) is 5.41. The monoisotopic (exact) mass is 328 g/mol. The summed E-state index contributed by atoms with van der Waals surface area (Å²) < 4.78 is 11.4. The molecule has 0 spiro atoms. The summed E-state index contributed by atoms with van der Waals surface area (Å²) in [6.07, 6.45) is 3.12. The highest BCUT2D eigenvalue weighted by Gasteiger charge is 2.45. The number of benzene rings is 1. The maximum atomic E-state index is 11.8. The zero-order valence-electron chi connectivity index (χ0n) is 11.0. The second-order valence-electron chi connectivity index (χ2n) is 4.78. The minimum atomic E-state index is -0.859. The van der Waals surface area contributed by atoms with E-state index < -0.39 is 11.4 Å². The number of carboxylic acid groups (broad SMARTS) is 1. The molecule has 1 aliphatic carbocycles. The molecule has 1 saturated carbocycles. The minimum Gasteiger partial charge on any atom is -0.497 e. The third-order valence-corrected chi connectivity index (χ3v) is 4.43. The van der Waals surface area contributed by atoms with Gasteiger partial charge in [0.2, 0.25) is 0 Å². The van der Waals surface area contributed by atoms with Gasteiger partial charge in [-0.05, 0) is 40.9 Å². The lowest BCUT2D eigenvalue weighted by molar-refractivity contribution is -0.143. The van der Waals surface area contributed by atoms with Crippen molar-refractivity contribution in [3.63, 3.8) is 0 Å². The predicted molar refractivity (Wildman–Crippen MR) is 75.0 cm³/mol. The Bertz CT molecular complexity index is 492. The second-order valence-corrected chi connectivity index (χ2v) is 5.64. The number of carbonyl (C=O) groups is 1. The van der Waals surface area contributed by atoms with Crippen LogP contribution in [0.2, 0.25) is 0 Å². The van der Waals surface area contributed by atoms with E-state index in [1.807, 2.05) is 0 Å². The number of rotatable bonds is 4. The Kier molecular flexibility index (Phi) is 4.04. The Hall–Kier alpha value is -1.23. The van der Waals surface area contributed by atoms with Crippen LogP contribution in [0.3, 0.4) is 0 Å². The molecule has 0 aromatic heterocycles. The van der Waals surface area contributed by atoms with Crippen molar-refractivity contribution in [3.8, 4) is 11.5 Å². The lowest BCUT2D eigenvalue weighted by atomic mass is 9.78. The maximum Gasteiger partial charge on any atom is 0.314 e. The van der Waals surface area contributed by atoms with E-state index >= 15 is 0 Å². The van der Waals surface area contributed by atoms with Gasteiger partial charge in [-0.2, -0.15) is 0 Å². The van der Waals surface area contributed by atoms with E-state index in [0.717, 1.165) is 17.3 Å². The van der Waals surface area contributed by atoms with Crippen LogP contribution in [0.4, 0.5) is 0 Å². The average molecular weight is 329 g/mol. The van der Waals surface area contributed by atoms with Crippen molar-refractivity contribution < 1.29 is 19.4 Å². The first-order valence-electron chi connectivity index (χ1n) is 6.20. The summed E-state index contributed by atoms with van der Waals surface area (Å²) in [4.78, 5) is 11.8. The summed E-state index contributed by atoms with van der Waals surface area (Å²) >= 11 is 3.42. The average Bonchev–Trinajstić information content (AvgIpc) is 2.88. The Morgan fingerprint density at radius 2 is 1.89 bits per heavy atom. The molecule has 104 valence electrons. The smallest absolute Gasteiger partial charge is 0.314 e. The van der Waals surface area contributed by atoms with Crippen molar-refractivity contribution in [3.05, 3.63) is 22.2 Å². The molecule has 0 saturated heterocycles. The quantitative estimate of drug-likeness (QED) is 0.920. The van der Waals surface area contributed by atoms with Crippen LogP contribution in [-0.2, 0) is 10.2 Å². The Morgan fingerprint density at radius 3 is 2.37 bits per heavy atom. The van der Waals surface area contributed by atoms with Gasteiger partial charge in [0.25, 0.3) is 0 Å². The molecular formula is C14H17BrO4. The minimum absolute atomic E-state index is 0.588. The molecule has 0 radical (unpaired) electrons.